The molecule has 0 saturated heterocycles. The van der Waals surface area contributed by atoms with Gasteiger partial charge in [0.2, 0.25) is 5.89 Å². The van der Waals surface area contributed by atoms with Crippen LogP contribution in [0.2, 0.25) is 0 Å². The summed E-state index contributed by atoms with van der Waals surface area (Å²) in [5, 5.41) is 7.08. The molecule has 0 radical (unpaired) electrons. The molecule has 0 aliphatic carbocycles. The normalized spacial score (nSPS) is 8.80. The second-order valence-electron chi connectivity index (χ2n) is 1.58. The number of rotatable bonds is 2. The zero-order chi connectivity index (χ0) is 7.40. The van der Waals surface area contributed by atoms with Crippen molar-refractivity contribution in [3.63, 3.8) is 0 Å². The second kappa shape index (κ2) is 2.87. The summed E-state index contributed by atoms with van der Waals surface area (Å²) in [7, 11) is 0. The SMILES string of the molecule is C#CCOc1nnc(C)o1. The summed E-state index contributed by atoms with van der Waals surface area (Å²) in [5.74, 6) is 2.74. The molecule has 0 saturated carbocycles. The molecule has 0 aromatic carbocycles. The molecule has 1 aromatic rings. The first-order valence-corrected chi connectivity index (χ1v) is 2.69. The van der Waals surface area contributed by atoms with Crippen molar-refractivity contribution < 1.29 is 9.15 Å². The highest BCUT2D eigenvalue weighted by molar-refractivity contribution is 4.90. The quantitative estimate of drug-likeness (QED) is 0.554. The van der Waals surface area contributed by atoms with E-state index in [2.05, 4.69) is 16.1 Å². The van der Waals surface area contributed by atoms with Gasteiger partial charge in [-0.05, 0) is 0 Å². The summed E-state index contributed by atoms with van der Waals surface area (Å²) in [4.78, 5) is 0. The minimum atomic E-state index is 0.121. The molecule has 1 heterocycles. The molecule has 0 aliphatic heterocycles. The minimum absolute atomic E-state index is 0.121. The summed E-state index contributed by atoms with van der Waals surface area (Å²) >= 11 is 0. The van der Waals surface area contributed by atoms with E-state index in [1.165, 1.54) is 0 Å². The van der Waals surface area contributed by atoms with Crippen LogP contribution in [-0.2, 0) is 0 Å². The molecule has 52 valence electrons. The van der Waals surface area contributed by atoms with E-state index in [4.69, 9.17) is 15.6 Å². The van der Waals surface area contributed by atoms with Crippen molar-refractivity contribution in [1.82, 2.24) is 10.2 Å². The first kappa shape index (κ1) is 6.62. The lowest BCUT2D eigenvalue weighted by Gasteiger charge is -1.89. The molecular weight excluding hydrogens is 132 g/mol. The fraction of sp³-hybridized carbons (Fsp3) is 0.333. The Bertz CT molecular complexity index is 248. The van der Waals surface area contributed by atoms with Gasteiger partial charge in [0.15, 0.2) is 6.61 Å². The van der Waals surface area contributed by atoms with Gasteiger partial charge >= 0.3 is 6.08 Å². The van der Waals surface area contributed by atoms with E-state index in [9.17, 15) is 0 Å². The molecule has 0 spiro atoms. The highest BCUT2D eigenvalue weighted by Crippen LogP contribution is 2.05. The van der Waals surface area contributed by atoms with E-state index >= 15 is 0 Å². The Morgan fingerprint density at radius 1 is 1.70 bits per heavy atom. The molecular formula is C6H6N2O2. The Balaban J connectivity index is 2.52. The van der Waals surface area contributed by atoms with E-state index in [1.54, 1.807) is 6.92 Å². The van der Waals surface area contributed by atoms with E-state index < -0.39 is 0 Å². The standard InChI is InChI=1S/C6H6N2O2/c1-3-4-9-6-8-7-5(2)10-6/h1H,4H2,2H3. The average molecular weight is 138 g/mol. The van der Waals surface area contributed by atoms with Crippen molar-refractivity contribution in [3.8, 4) is 18.4 Å². The Kier molecular flexibility index (Phi) is 1.90. The molecule has 0 bridgehead atoms. The average Bonchev–Trinajstić information content (AvgIpc) is 2.31. The molecule has 0 unspecified atom stereocenters. The van der Waals surface area contributed by atoms with Crippen LogP contribution < -0.4 is 4.74 Å². The van der Waals surface area contributed by atoms with Gasteiger partial charge in [-0.2, -0.15) is 0 Å². The van der Waals surface area contributed by atoms with Crippen LogP contribution in [0.25, 0.3) is 0 Å². The fourth-order valence-corrected chi connectivity index (χ4v) is 0.440. The first-order chi connectivity index (χ1) is 4.83. The number of ether oxygens (including phenoxy) is 1. The molecule has 0 aliphatic rings. The predicted molar refractivity (Wildman–Crippen MR) is 33.4 cm³/mol. The van der Waals surface area contributed by atoms with Crippen LogP contribution in [-0.4, -0.2) is 16.8 Å². The van der Waals surface area contributed by atoms with Crippen LogP contribution in [0.5, 0.6) is 6.08 Å². The number of aromatic nitrogens is 2. The Morgan fingerprint density at radius 3 is 3.00 bits per heavy atom. The number of hydrogen-bond donors (Lipinski definition) is 0. The zero-order valence-electron chi connectivity index (χ0n) is 5.50. The van der Waals surface area contributed by atoms with E-state index in [0.29, 0.717) is 5.89 Å². The molecule has 0 N–H and O–H groups in total. The predicted octanol–water partition coefficient (Wildman–Crippen LogP) is 0.390. The summed E-state index contributed by atoms with van der Waals surface area (Å²) < 4.78 is 9.65. The van der Waals surface area contributed by atoms with Crippen molar-refractivity contribution in [2.75, 3.05) is 6.61 Å². The van der Waals surface area contributed by atoms with Gasteiger partial charge in [-0.1, -0.05) is 11.0 Å². The largest absolute Gasteiger partial charge is 0.436 e. The lowest BCUT2D eigenvalue weighted by molar-refractivity contribution is 0.258. The van der Waals surface area contributed by atoms with Gasteiger partial charge in [-0.15, -0.1) is 11.5 Å². The Hall–Kier alpha value is -1.50. The summed E-state index contributed by atoms with van der Waals surface area (Å²) in [6, 6.07) is 0. The van der Waals surface area contributed by atoms with Crippen molar-refractivity contribution in [2.24, 2.45) is 0 Å². The number of nitrogens with zero attached hydrogens (tertiary/aromatic N) is 2. The molecule has 10 heavy (non-hydrogen) atoms. The third-order valence-corrected chi connectivity index (χ3v) is 0.786. The Labute approximate surface area is 58.2 Å². The molecule has 4 nitrogen and oxygen atoms in total. The third kappa shape index (κ3) is 1.49. The van der Waals surface area contributed by atoms with Gasteiger partial charge < -0.3 is 9.15 Å². The van der Waals surface area contributed by atoms with Gasteiger partial charge in [0, 0.05) is 6.92 Å². The van der Waals surface area contributed by atoms with Gasteiger partial charge in [-0.3, -0.25) is 0 Å². The zero-order valence-corrected chi connectivity index (χ0v) is 5.50. The molecule has 4 heteroatoms. The van der Waals surface area contributed by atoms with E-state index in [1.807, 2.05) is 0 Å². The van der Waals surface area contributed by atoms with Crippen molar-refractivity contribution >= 4 is 0 Å². The van der Waals surface area contributed by atoms with Crippen LogP contribution >= 0.6 is 0 Å². The van der Waals surface area contributed by atoms with Gasteiger partial charge in [-0.25, -0.2) is 0 Å². The van der Waals surface area contributed by atoms with Crippen LogP contribution in [0, 0.1) is 19.3 Å². The second-order valence-corrected chi connectivity index (χ2v) is 1.58. The maximum Gasteiger partial charge on any atom is 0.415 e. The summed E-state index contributed by atoms with van der Waals surface area (Å²) in [5.41, 5.74) is 0. The molecule has 0 atom stereocenters. The maximum absolute atomic E-state index is 4.92. The lowest BCUT2D eigenvalue weighted by Crippen LogP contribution is -1.92. The topological polar surface area (TPSA) is 48.2 Å². The molecule has 0 amide bonds. The summed E-state index contributed by atoms with van der Waals surface area (Å²) in [6.07, 6.45) is 5.04. The molecule has 1 aromatic heterocycles. The molecule has 1 rings (SSSR count). The molecule has 0 fully saturated rings. The number of hydrogen-bond acceptors (Lipinski definition) is 4. The van der Waals surface area contributed by atoms with Crippen LogP contribution in [0.1, 0.15) is 5.89 Å². The summed E-state index contributed by atoms with van der Waals surface area (Å²) in [6.45, 7) is 1.83. The van der Waals surface area contributed by atoms with Crippen LogP contribution in [0.3, 0.4) is 0 Å². The van der Waals surface area contributed by atoms with Crippen LogP contribution in [0.4, 0.5) is 0 Å². The lowest BCUT2D eigenvalue weighted by atomic mass is 10.8. The van der Waals surface area contributed by atoms with Crippen molar-refractivity contribution in [3.05, 3.63) is 5.89 Å². The minimum Gasteiger partial charge on any atom is -0.436 e. The highest BCUT2D eigenvalue weighted by atomic mass is 16.6. The van der Waals surface area contributed by atoms with Gasteiger partial charge in [0.1, 0.15) is 0 Å². The Morgan fingerprint density at radius 2 is 2.50 bits per heavy atom. The first-order valence-electron chi connectivity index (χ1n) is 2.69. The highest BCUT2D eigenvalue weighted by Gasteiger charge is 1.99. The van der Waals surface area contributed by atoms with Crippen molar-refractivity contribution in [1.29, 1.82) is 0 Å². The monoisotopic (exact) mass is 138 g/mol. The van der Waals surface area contributed by atoms with Gasteiger partial charge in [0.25, 0.3) is 0 Å². The van der Waals surface area contributed by atoms with Gasteiger partial charge in [0.05, 0.1) is 0 Å². The van der Waals surface area contributed by atoms with E-state index in [-0.39, 0.29) is 12.7 Å². The van der Waals surface area contributed by atoms with Crippen molar-refractivity contribution in [2.45, 2.75) is 6.92 Å². The fourth-order valence-electron chi connectivity index (χ4n) is 0.440. The van der Waals surface area contributed by atoms with Crippen LogP contribution in [0.15, 0.2) is 4.42 Å². The maximum atomic E-state index is 4.92. The number of aryl methyl sites for hydroxylation is 1. The number of terminal acetylenes is 1. The smallest absolute Gasteiger partial charge is 0.415 e. The van der Waals surface area contributed by atoms with E-state index in [0.717, 1.165) is 0 Å². The third-order valence-electron chi connectivity index (χ3n) is 0.786.